The Hall–Kier alpha value is -3.21. The Morgan fingerprint density at radius 3 is 2.37 bits per heavy atom. The maximum atomic E-state index is 12.6. The van der Waals surface area contributed by atoms with E-state index >= 15 is 0 Å². The molecule has 0 saturated carbocycles. The normalized spacial score (nSPS) is 10.7. The first-order valence-corrected chi connectivity index (χ1v) is 9.06. The van der Waals surface area contributed by atoms with Crippen molar-refractivity contribution in [1.29, 1.82) is 0 Å². The van der Waals surface area contributed by atoms with Gasteiger partial charge in [-0.2, -0.15) is 0 Å². The number of nitrogens with zero attached hydrogens (tertiary/aromatic N) is 2. The summed E-state index contributed by atoms with van der Waals surface area (Å²) in [7, 11) is 0. The van der Waals surface area contributed by atoms with E-state index in [0.29, 0.717) is 24.1 Å². The first-order valence-electron chi connectivity index (χ1n) is 9.06. The van der Waals surface area contributed by atoms with Crippen molar-refractivity contribution < 1.29 is 4.79 Å². The Bertz CT molecular complexity index is 905. The summed E-state index contributed by atoms with van der Waals surface area (Å²) in [4.78, 5) is 21.3. The molecule has 2 aromatic carbocycles. The van der Waals surface area contributed by atoms with Gasteiger partial charge in [-0.05, 0) is 42.2 Å². The number of carbonyl (C=O) groups excluding carboxylic acids is 1. The Kier molecular flexibility index (Phi) is 5.81. The SMILES string of the molecule is Cc1cc(C(=O)Nc2ccc(C(C)C)cc2)nc(NCc2ccccc2)n1. The molecule has 5 nitrogen and oxygen atoms in total. The van der Waals surface area contributed by atoms with Crippen LogP contribution in [0.2, 0.25) is 0 Å². The van der Waals surface area contributed by atoms with Crippen LogP contribution in [0.4, 0.5) is 11.6 Å². The van der Waals surface area contributed by atoms with Crippen molar-refractivity contribution in [3.63, 3.8) is 0 Å². The highest BCUT2D eigenvalue weighted by atomic mass is 16.1. The van der Waals surface area contributed by atoms with E-state index in [-0.39, 0.29) is 5.91 Å². The summed E-state index contributed by atoms with van der Waals surface area (Å²) in [5, 5.41) is 6.07. The summed E-state index contributed by atoms with van der Waals surface area (Å²) in [5.74, 6) is 0.650. The number of hydrogen-bond donors (Lipinski definition) is 2. The lowest BCUT2D eigenvalue weighted by Gasteiger charge is -2.10. The van der Waals surface area contributed by atoms with E-state index in [1.165, 1.54) is 5.56 Å². The van der Waals surface area contributed by atoms with E-state index in [4.69, 9.17) is 0 Å². The summed E-state index contributed by atoms with van der Waals surface area (Å²) in [6, 6.07) is 19.6. The largest absolute Gasteiger partial charge is 0.350 e. The average molecular weight is 360 g/mol. The van der Waals surface area contributed by atoms with E-state index < -0.39 is 0 Å². The highest BCUT2D eigenvalue weighted by Crippen LogP contribution is 2.18. The van der Waals surface area contributed by atoms with Crippen LogP contribution in [-0.2, 0) is 6.54 Å². The van der Waals surface area contributed by atoms with Crippen LogP contribution in [0.1, 0.15) is 47.1 Å². The number of nitrogens with one attached hydrogen (secondary N) is 2. The molecule has 0 radical (unpaired) electrons. The number of aryl methyl sites for hydroxylation is 1. The lowest BCUT2D eigenvalue weighted by atomic mass is 10.0. The molecule has 0 aliphatic rings. The Labute approximate surface area is 159 Å². The lowest BCUT2D eigenvalue weighted by Crippen LogP contribution is -2.16. The van der Waals surface area contributed by atoms with E-state index in [2.05, 4.69) is 34.4 Å². The minimum Gasteiger partial charge on any atom is -0.350 e. The fraction of sp³-hybridized carbons (Fsp3) is 0.227. The third-order valence-corrected chi connectivity index (χ3v) is 4.22. The number of benzene rings is 2. The van der Waals surface area contributed by atoms with Crippen LogP contribution in [0.25, 0.3) is 0 Å². The zero-order chi connectivity index (χ0) is 19.2. The molecule has 0 fully saturated rings. The van der Waals surface area contributed by atoms with Crippen molar-refractivity contribution in [3.05, 3.63) is 83.2 Å². The van der Waals surface area contributed by atoms with Gasteiger partial charge < -0.3 is 10.6 Å². The van der Waals surface area contributed by atoms with E-state index in [1.54, 1.807) is 6.07 Å². The van der Waals surface area contributed by atoms with Gasteiger partial charge in [-0.15, -0.1) is 0 Å². The van der Waals surface area contributed by atoms with E-state index in [1.807, 2.05) is 61.5 Å². The number of carbonyl (C=O) groups is 1. The van der Waals surface area contributed by atoms with Gasteiger partial charge in [-0.3, -0.25) is 4.79 Å². The number of anilines is 2. The van der Waals surface area contributed by atoms with Crippen LogP contribution < -0.4 is 10.6 Å². The molecule has 0 aliphatic carbocycles. The maximum absolute atomic E-state index is 12.6. The predicted molar refractivity (Wildman–Crippen MR) is 109 cm³/mol. The predicted octanol–water partition coefficient (Wildman–Crippen LogP) is 4.77. The highest BCUT2D eigenvalue weighted by Gasteiger charge is 2.11. The zero-order valence-corrected chi connectivity index (χ0v) is 15.9. The van der Waals surface area contributed by atoms with Gasteiger partial charge in [0.15, 0.2) is 0 Å². The standard InChI is InChI=1S/C22H24N4O/c1-15(2)18-9-11-19(12-10-18)25-21(27)20-13-16(3)24-22(26-20)23-14-17-7-5-4-6-8-17/h4-13,15H,14H2,1-3H3,(H,25,27)(H,23,24,26). The van der Waals surface area contributed by atoms with Crippen molar-refractivity contribution in [2.24, 2.45) is 0 Å². The van der Waals surface area contributed by atoms with Gasteiger partial charge in [0.2, 0.25) is 5.95 Å². The number of amides is 1. The maximum Gasteiger partial charge on any atom is 0.274 e. The number of rotatable bonds is 6. The molecule has 2 N–H and O–H groups in total. The first-order chi connectivity index (χ1) is 13.0. The van der Waals surface area contributed by atoms with Crippen molar-refractivity contribution in [2.75, 3.05) is 10.6 Å². The summed E-state index contributed by atoms with van der Waals surface area (Å²) in [6.07, 6.45) is 0. The zero-order valence-electron chi connectivity index (χ0n) is 15.9. The van der Waals surface area contributed by atoms with Crippen LogP contribution in [0.15, 0.2) is 60.7 Å². The molecule has 0 spiro atoms. The minimum atomic E-state index is -0.249. The molecule has 3 rings (SSSR count). The van der Waals surface area contributed by atoms with E-state index in [9.17, 15) is 4.79 Å². The molecule has 5 heteroatoms. The van der Waals surface area contributed by atoms with Gasteiger partial charge in [0.25, 0.3) is 5.91 Å². The van der Waals surface area contributed by atoms with Crippen LogP contribution in [0, 0.1) is 6.92 Å². The topological polar surface area (TPSA) is 66.9 Å². The summed E-state index contributed by atoms with van der Waals surface area (Å²) >= 11 is 0. The second-order valence-corrected chi connectivity index (χ2v) is 6.79. The van der Waals surface area contributed by atoms with Crippen LogP contribution >= 0.6 is 0 Å². The van der Waals surface area contributed by atoms with Crippen molar-refractivity contribution in [2.45, 2.75) is 33.2 Å². The van der Waals surface area contributed by atoms with Gasteiger partial charge in [0, 0.05) is 17.9 Å². The van der Waals surface area contributed by atoms with Crippen molar-refractivity contribution >= 4 is 17.5 Å². The molecule has 0 atom stereocenters. The molecule has 1 heterocycles. The average Bonchev–Trinajstić information content (AvgIpc) is 2.67. The monoisotopic (exact) mass is 360 g/mol. The van der Waals surface area contributed by atoms with Gasteiger partial charge in [0.05, 0.1) is 0 Å². The summed E-state index contributed by atoms with van der Waals surface area (Å²) < 4.78 is 0. The third-order valence-electron chi connectivity index (χ3n) is 4.22. The van der Waals surface area contributed by atoms with Crippen LogP contribution in [0.5, 0.6) is 0 Å². The molecule has 1 amide bonds. The second-order valence-electron chi connectivity index (χ2n) is 6.79. The molecule has 0 aliphatic heterocycles. The molecule has 0 unspecified atom stereocenters. The molecule has 0 saturated heterocycles. The van der Waals surface area contributed by atoms with Gasteiger partial charge in [-0.25, -0.2) is 9.97 Å². The smallest absolute Gasteiger partial charge is 0.274 e. The lowest BCUT2D eigenvalue weighted by molar-refractivity contribution is 0.102. The highest BCUT2D eigenvalue weighted by molar-refractivity contribution is 6.03. The van der Waals surface area contributed by atoms with Gasteiger partial charge in [-0.1, -0.05) is 56.3 Å². The quantitative estimate of drug-likeness (QED) is 0.664. The third kappa shape index (κ3) is 5.14. The molecule has 27 heavy (non-hydrogen) atoms. The van der Waals surface area contributed by atoms with Gasteiger partial charge >= 0.3 is 0 Å². The Balaban J connectivity index is 1.69. The van der Waals surface area contributed by atoms with Crippen LogP contribution in [-0.4, -0.2) is 15.9 Å². The summed E-state index contributed by atoms with van der Waals surface area (Å²) in [6.45, 7) is 6.73. The van der Waals surface area contributed by atoms with Gasteiger partial charge in [0.1, 0.15) is 5.69 Å². The fourth-order valence-electron chi connectivity index (χ4n) is 2.69. The van der Waals surface area contributed by atoms with Crippen molar-refractivity contribution in [1.82, 2.24) is 9.97 Å². The number of hydrogen-bond acceptors (Lipinski definition) is 4. The molecule has 0 bridgehead atoms. The van der Waals surface area contributed by atoms with Crippen molar-refractivity contribution in [3.8, 4) is 0 Å². The Morgan fingerprint density at radius 1 is 1.00 bits per heavy atom. The Morgan fingerprint density at radius 2 is 1.70 bits per heavy atom. The molecule has 138 valence electrons. The molecule has 1 aromatic heterocycles. The first kappa shape index (κ1) is 18.6. The van der Waals surface area contributed by atoms with E-state index in [0.717, 1.165) is 16.9 Å². The fourth-order valence-corrected chi connectivity index (χ4v) is 2.69. The number of aromatic nitrogens is 2. The molecule has 3 aromatic rings. The minimum absolute atomic E-state index is 0.249. The van der Waals surface area contributed by atoms with Crippen LogP contribution in [0.3, 0.4) is 0 Å². The summed E-state index contributed by atoms with van der Waals surface area (Å²) in [5.41, 5.74) is 4.18. The second kappa shape index (κ2) is 8.45. The molecular weight excluding hydrogens is 336 g/mol. The molecular formula is C22H24N4O.